The summed E-state index contributed by atoms with van der Waals surface area (Å²) in [6.45, 7) is 9.76. The third-order valence-electron chi connectivity index (χ3n) is 12.6. The summed E-state index contributed by atoms with van der Waals surface area (Å²) in [7, 11) is -3.10. The number of allylic oxidation sites excluding steroid dienone is 1. The van der Waals surface area contributed by atoms with Crippen LogP contribution in [0.3, 0.4) is 0 Å². The molecular weight excluding hydrogens is 874 g/mol. The molecule has 0 saturated carbocycles. The Balaban J connectivity index is 1.01. The number of carbonyl (C=O) groups excluding carboxylic acids is 1. The number of piperazine rings is 1. The van der Waals surface area contributed by atoms with Gasteiger partial charge in [0.15, 0.2) is 5.52 Å². The number of halogens is 1. The van der Waals surface area contributed by atoms with E-state index >= 15 is 0 Å². The van der Waals surface area contributed by atoms with Gasteiger partial charge in [-0.15, -0.1) is 0 Å². The number of nitro groups is 1. The number of pyridine rings is 1. The molecule has 6 aromatic rings. The first-order chi connectivity index (χ1) is 31.1. The number of H-pyrrole nitrogens is 1. The lowest BCUT2D eigenvalue weighted by Gasteiger charge is -2.39. The van der Waals surface area contributed by atoms with Gasteiger partial charge >= 0.3 is 0 Å². The van der Waals surface area contributed by atoms with Crippen LogP contribution in [-0.2, 0) is 26.5 Å². The van der Waals surface area contributed by atoms with Gasteiger partial charge in [0.25, 0.3) is 27.2 Å². The van der Waals surface area contributed by atoms with Crippen molar-refractivity contribution in [3.63, 3.8) is 0 Å². The number of hydrogen-bond acceptors (Lipinski definition) is 12. The van der Waals surface area contributed by atoms with Crippen LogP contribution in [0.2, 0.25) is 5.02 Å². The zero-order valence-corrected chi connectivity index (χ0v) is 37.9. The molecule has 19 heteroatoms. The van der Waals surface area contributed by atoms with E-state index < -0.39 is 37.0 Å². The van der Waals surface area contributed by atoms with E-state index in [-0.39, 0.29) is 40.5 Å². The number of fused-ring (bicyclic) bond motifs is 2. The van der Waals surface area contributed by atoms with Gasteiger partial charge in [0.1, 0.15) is 11.3 Å². The number of ether oxygens (including phenoxy) is 2. The maximum Gasteiger partial charge on any atom is 0.293 e. The third kappa shape index (κ3) is 9.13. The summed E-state index contributed by atoms with van der Waals surface area (Å²) in [6, 6.07) is 20.2. The van der Waals surface area contributed by atoms with E-state index in [1.165, 1.54) is 33.5 Å². The summed E-state index contributed by atoms with van der Waals surface area (Å²) in [5.74, 6) is -0.999. The van der Waals surface area contributed by atoms with Crippen LogP contribution in [0.25, 0.3) is 33.3 Å². The number of nitrogens with one attached hydrogen (secondary N) is 3. The maximum absolute atomic E-state index is 14.3. The van der Waals surface area contributed by atoms with Crippen molar-refractivity contribution in [3.8, 4) is 5.69 Å². The molecular formula is C46H50ClN9O8S. The third-order valence-corrected chi connectivity index (χ3v) is 14.2. The predicted octanol–water partition coefficient (Wildman–Crippen LogP) is 6.50. The largest absolute Gasteiger partial charge is 0.377 e. The molecule has 1 aliphatic carbocycles. The van der Waals surface area contributed by atoms with Crippen molar-refractivity contribution < 1.29 is 27.6 Å². The van der Waals surface area contributed by atoms with E-state index in [2.05, 4.69) is 55.8 Å². The van der Waals surface area contributed by atoms with Crippen molar-refractivity contribution in [2.45, 2.75) is 44.1 Å². The molecule has 0 unspecified atom stereocenters. The fourth-order valence-corrected chi connectivity index (χ4v) is 10.2. The second-order valence-electron chi connectivity index (χ2n) is 17.6. The van der Waals surface area contributed by atoms with Crippen molar-refractivity contribution in [3.05, 3.63) is 121 Å². The Bertz CT molecular complexity index is 3020. The van der Waals surface area contributed by atoms with Crippen molar-refractivity contribution in [2.24, 2.45) is 12.5 Å². The zero-order chi connectivity index (χ0) is 45.6. The Morgan fingerprint density at radius 2 is 1.82 bits per heavy atom. The van der Waals surface area contributed by atoms with Gasteiger partial charge in [-0.25, -0.2) is 27.5 Å². The van der Waals surface area contributed by atoms with Crippen molar-refractivity contribution in [2.75, 3.05) is 69.3 Å². The summed E-state index contributed by atoms with van der Waals surface area (Å²) in [4.78, 5) is 51.3. The van der Waals surface area contributed by atoms with Crippen molar-refractivity contribution in [1.29, 1.82) is 0 Å². The fourth-order valence-electron chi connectivity index (χ4n) is 9.06. The molecule has 0 spiro atoms. The molecule has 2 fully saturated rings. The molecule has 0 bridgehead atoms. The Labute approximate surface area is 380 Å². The summed E-state index contributed by atoms with van der Waals surface area (Å²) in [5, 5.41) is 16.5. The molecule has 65 heavy (non-hydrogen) atoms. The highest BCUT2D eigenvalue weighted by molar-refractivity contribution is 7.90. The molecule has 340 valence electrons. The SMILES string of the molecule is Cn1c(=O)c2nc3[nH]ccc3cc2n1-c1cc(N2CCN(CC3=C(c4ccc(Cl)cc4)CC(C)(C)CC3)CC2)ccc1C(=O)NS(=O)(=O)c1ccc(NC[C@H]2COCCO2)c([N+](=O)[O-])c1. The van der Waals surface area contributed by atoms with Crippen LogP contribution < -0.4 is 20.5 Å². The van der Waals surface area contributed by atoms with Gasteiger partial charge in [-0.3, -0.25) is 24.6 Å². The van der Waals surface area contributed by atoms with Gasteiger partial charge in [-0.05, 0) is 90.4 Å². The van der Waals surface area contributed by atoms with E-state index in [9.17, 15) is 28.1 Å². The van der Waals surface area contributed by atoms with Crippen molar-refractivity contribution >= 4 is 72.2 Å². The average molecular weight is 924 g/mol. The minimum atomic E-state index is -4.66. The molecule has 5 heterocycles. The first kappa shape index (κ1) is 44.2. The first-order valence-corrected chi connectivity index (χ1v) is 23.4. The highest BCUT2D eigenvalue weighted by Gasteiger charge is 2.31. The molecule has 17 nitrogen and oxygen atoms in total. The Hall–Kier alpha value is -6.05. The van der Waals surface area contributed by atoms with Crippen LogP contribution in [0.15, 0.2) is 94.3 Å². The van der Waals surface area contributed by atoms with E-state index in [1.54, 1.807) is 42.2 Å². The molecule has 2 saturated heterocycles. The molecule has 3 aliphatic rings. The summed E-state index contributed by atoms with van der Waals surface area (Å²) >= 11 is 6.26. The number of hydrogen-bond donors (Lipinski definition) is 3. The van der Waals surface area contributed by atoms with Crippen molar-refractivity contribution in [1.82, 2.24) is 29.0 Å². The highest BCUT2D eigenvalue weighted by atomic mass is 35.5. The lowest BCUT2D eigenvalue weighted by molar-refractivity contribution is -0.384. The smallest absolute Gasteiger partial charge is 0.293 e. The fraction of sp³-hybridized carbons (Fsp3) is 0.370. The summed E-state index contributed by atoms with van der Waals surface area (Å²) in [6.07, 6.45) is 4.50. The number of rotatable bonds is 12. The first-order valence-electron chi connectivity index (χ1n) is 21.6. The van der Waals surface area contributed by atoms with Crippen LogP contribution in [0.1, 0.15) is 49.0 Å². The van der Waals surface area contributed by atoms with Gasteiger partial charge in [-0.1, -0.05) is 43.2 Å². The standard InChI is InChI=1S/C46H50ClN9O8S/c1-46(2)14-12-31(37(25-46)29-4-6-32(47)7-5-29)27-53-16-18-54(19-17-53)33-8-10-36(39(23-33)55-41-22-30-13-15-48-43(30)50-42(41)45(58)52(55)3)44(57)51-65(61,62)35-9-11-38(40(24-35)56(59)60)49-26-34-28-63-20-21-64-34/h4-11,13,15,22-24,34,49H,12,14,16-21,25-28H2,1-3H3,(H,48,50)(H,51,57)/t34-/m0/s1. The Kier molecular flexibility index (Phi) is 12.0. The normalized spacial score (nSPS) is 18.3. The predicted molar refractivity (Wildman–Crippen MR) is 250 cm³/mol. The van der Waals surface area contributed by atoms with E-state index in [4.69, 9.17) is 21.1 Å². The van der Waals surface area contributed by atoms with Gasteiger partial charge < -0.3 is 24.7 Å². The Morgan fingerprint density at radius 3 is 2.55 bits per heavy atom. The topological polar surface area (TPSA) is 199 Å². The monoisotopic (exact) mass is 923 g/mol. The number of aromatic nitrogens is 4. The second-order valence-corrected chi connectivity index (χ2v) is 19.7. The number of nitro benzene ring substituents is 1. The number of sulfonamides is 1. The molecule has 3 aromatic heterocycles. The molecule has 2 aliphatic heterocycles. The van der Waals surface area contributed by atoms with E-state index in [0.717, 1.165) is 56.0 Å². The molecule has 9 rings (SSSR count). The molecule has 0 radical (unpaired) electrons. The van der Waals surface area contributed by atoms with Crippen LogP contribution in [0.4, 0.5) is 17.1 Å². The minimum Gasteiger partial charge on any atom is -0.377 e. The number of anilines is 2. The van der Waals surface area contributed by atoms with Gasteiger partial charge in [0.2, 0.25) is 0 Å². The number of amides is 1. The van der Waals surface area contributed by atoms with Crippen LogP contribution >= 0.6 is 11.6 Å². The molecule has 3 aromatic carbocycles. The Morgan fingerprint density at radius 1 is 1.03 bits per heavy atom. The minimum absolute atomic E-state index is 0.0537. The van der Waals surface area contributed by atoms with Gasteiger partial charge in [-0.2, -0.15) is 0 Å². The lowest BCUT2D eigenvalue weighted by atomic mass is 9.72. The maximum atomic E-state index is 14.3. The number of benzene rings is 3. The highest BCUT2D eigenvalue weighted by Crippen LogP contribution is 2.43. The van der Waals surface area contributed by atoms with Gasteiger partial charge in [0, 0.05) is 74.7 Å². The summed E-state index contributed by atoms with van der Waals surface area (Å²) < 4.78 is 43.8. The summed E-state index contributed by atoms with van der Waals surface area (Å²) in [5.41, 5.74) is 5.45. The van der Waals surface area contributed by atoms with Crippen LogP contribution in [0.5, 0.6) is 0 Å². The molecule has 1 atom stereocenters. The van der Waals surface area contributed by atoms with Crippen LogP contribution in [0, 0.1) is 15.5 Å². The number of aromatic amines is 1. The van der Waals surface area contributed by atoms with E-state index in [0.29, 0.717) is 49.1 Å². The quantitative estimate of drug-likeness (QED) is 0.0891. The zero-order valence-electron chi connectivity index (χ0n) is 36.3. The number of carbonyl (C=O) groups is 1. The average Bonchev–Trinajstić information content (AvgIpc) is 3.85. The molecule has 1 amide bonds. The van der Waals surface area contributed by atoms with Crippen LogP contribution in [-0.4, -0.2) is 109 Å². The van der Waals surface area contributed by atoms with E-state index in [1.807, 2.05) is 18.2 Å². The molecule has 3 N–H and O–H groups in total. The lowest BCUT2D eigenvalue weighted by Crippen LogP contribution is -2.47. The number of nitrogens with zero attached hydrogens (tertiary/aromatic N) is 6. The second kappa shape index (κ2) is 17.7. The van der Waals surface area contributed by atoms with Gasteiger partial charge in [0.05, 0.1) is 52.5 Å².